The highest BCUT2D eigenvalue weighted by atomic mass is 32.2. The number of benzene rings is 1. The van der Waals surface area contributed by atoms with E-state index in [2.05, 4.69) is 10.0 Å². The van der Waals surface area contributed by atoms with Crippen LogP contribution in [0.4, 0.5) is 0 Å². The van der Waals surface area contributed by atoms with E-state index in [0.29, 0.717) is 11.4 Å². The van der Waals surface area contributed by atoms with Crippen LogP contribution in [0.3, 0.4) is 0 Å². The molecule has 21 heavy (non-hydrogen) atoms. The SMILES string of the molecule is CCNCc1ccccc1S(=O)(=O)NC(C)c1ccsc1. The molecule has 4 nitrogen and oxygen atoms in total. The average molecular weight is 324 g/mol. The highest BCUT2D eigenvalue weighted by Gasteiger charge is 2.21. The van der Waals surface area contributed by atoms with Gasteiger partial charge in [0, 0.05) is 12.6 Å². The van der Waals surface area contributed by atoms with Gasteiger partial charge in [-0.3, -0.25) is 0 Å². The summed E-state index contributed by atoms with van der Waals surface area (Å²) < 4.78 is 27.9. The Balaban J connectivity index is 2.23. The van der Waals surface area contributed by atoms with Gasteiger partial charge < -0.3 is 5.32 Å². The van der Waals surface area contributed by atoms with E-state index in [1.807, 2.05) is 42.8 Å². The summed E-state index contributed by atoms with van der Waals surface area (Å²) in [5, 5.41) is 7.07. The fraction of sp³-hybridized carbons (Fsp3) is 0.333. The molecule has 1 aromatic heterocycles. The highest BCUT2D eigenvalue weighted by Crippen LogP contribution is 2.21. The molecule has 1 heterocycles. The summed E-state index contributed by atoms with van der Waals surface area (Å²) in [6.45, 7) is 5.19. The molecular formula is C15H20N2O2S2. The second-order valence-corrected chi connectivity index (χ2v) is 7.25. The highest BCUT2D eigenvalue weighted by molar-refractivity contribution is 7.89. The van der Waals surface area contributed by atoms with Crippen LogP contribution in [0.1, 0.15) is 31.0 Å². The van der Waals surface area contributed by atoms with Crippen molar-refractivity contribution in [2.45, 2.75) is 31.3 Å². The predicted molar refractivity (Wildman–Crippen MR) is 86.9 cm³/mol. The van der Waals surface area contributed by atoms with E-state index in [4.69, 9.17) is 0 Å². The van der Waals surface area contributed by atoms with E-state index in [-0.39, 0.29) is 6.04 Å². The molecule has 2 rings (SSSR count). The van der Waals surface area contributed by atoms with Gasteiger partial charge in [-0.2, -0.15) is 11.3 Å². The Kier molecular flexibility index (Phi) is 5.52. The Bertz CT molecular complexity index is 667. The van der Waals surface area contributed by atoms with E-state index in [9.17, 15) is 8.42 Å². The first-order chi connectivity index (χ1) is 10.0. The van der Waals surface area contributed by atoms with Crippen molar-refractivity contribution in [3.8, 4) is 0 Å². The first kappa shape index (κ1) is 16.2. The van der Waals surface area contributed by atoms with E-state index in [1.54, 1.807) is 23.5 Å². The minimum Gasteiger partial charge on any atom is -0.313 e. The molecule has 1 aromatic carbocycles. The molecule has 6 heteroatoms. The Morgan fingerprint density at radius 2 is 2.00 bits per heavy atom. The van der Waals surface area contributed by atoms with Gasteiger partial charge >= 0.3 is 0 Å². The third kappa shape index (κ3) is 4.14. The molecule has 0 radical (unpaired) electrons. The van der Waals surface area contributed by atoms with Crippen LogP contribution in [0.5, 0.6) is 0 Å². The van der Waals surface area contributed by atoms with E-state index in [1.165, 1.54) is 0 Å². The molecule has 2 aromatic rings. The van der Waals surface area contributed by atoms with Crippen molar-refractivity contribution in [2.75, 3.05) is 6.54 Å². The monoisotopic (exact) mass is 324 g/mol. The molecule has 0 amide bonds. The molecule has 0 spiro atoms. The molecule has 0 aliphatic carbocycles. The Morgan fingerprint density at radius 3 is 2.67 bits per heavy atom. The van der Waals surface area contributed by atoms with Crippen LogP contribution in [0.15, 0.2) is 46.0 Å². The van der Waals surface area contributed by atoms with Gasteiger partial charge in [-0.15, -0.1) is 0 Å². The fourth-order valence-electron chi connectivity index (χ4n) is 2.06. The van der Waals surface area contributed by atoms with Crippen molar-refractivity contribution >= 4 is 21.4 Å². The van der Waals surface area contributed by atoms with Crippen LogP contribution in [-0.4, -0.2) is 15.0 Å². The van der Waals surface area contributed by atoms with Gasteiger partial charge in [0.25, 0.3) is 0 Å². The fourth-order valence-corrected chi connectivity index (χ4v) is 4.28. The Labute approximate surface area is 130 Å². The number of hydrogen-bond acceptors (Lipinski definition) is 4. The maximum atomic E-state index is 12.6. The zero-order valence-electron chi connectivity index (χ0n) is 12.2. The Morgan fingerprint density at radius 1 is 1.24 bits per heavy atom. The molecule has 0 bridgehead atoms. The van der Waals surface area contributed by atoms with E-state index < -0.39 is 10.0 Å². The smallest absolute Gasteiger partial charge is 0.241 e. The second kappa shape index (κ2) is 7.17. The minimum absolute atomic E-state index is 0.242. The van der Waals surface area contributed by atoms with Crippen LogP contribution >= 0.6 is 11.3 Å². The summed E-state index contributed by atoms with van der Waals surface area (Å²) in [6.07, 6.45) is 0. The van der Waals surface area contributed by atoms with Gasteiger partial charge in [-0.1, -0.05) is 25.1 Å². The van der Waals surface area contributed by atoms with E-state index in [0.717, 1.165) is 17.7 Å². The number of rotatable bonds is 7. The lowest BCUT2D eigenvalue weighted by Crippen LogP contribution is -2.28. The number of sulfonamides is 1. The topological polar surface area (TPSA) is 58.2 Å². The van der Waals surface area contributed by atoms with Crippen molar-refractivity contribution in [3.05, 3.63) is 52.2 Å². The lowest BCUT2D eigenvalue weighted by atomic mass is 10.2. The zero-order valence-corrected chi connectivity index (χ0v) is 13.8. The normalized spacial score (nSPS) is 13.2. The predicted octanol–water partition coefficient (Wildman–Crippen LogP) is 2.90. The van der Waals surface area contributed by atoms with Gasteiger partial charge in [0.15, 0.2) is 0 Å². The Hall–Kier alpha value is -1.21. The molecule has 1 unspecified atom stereocenters. The maximum Gasteiger partial charge on any atom is 0.241 e. The number of thiophene rings is 1. The first-order valence-corrected chi connectivity index (χ1v) is 9.30. The summed E-state index contributed by atoms with van der Waals surface area (Å²) in [6, 6.07) is 8.78. The molecule has 0 saturated heterocycles. The average Bonchev–Trinajstić information content (AvgIpc) is 2.99. The second-order valence-electron chi connectivity index (χ2n) is 4.79. The third-order valence-electron chi connectivity index (χ3n) is 3.20. The molecule has 114 valence electrons. The largest absolute Gasteiger partial charge is 0.313 e. The summed E-state index contributed by atoms with van der Waals surface area (Å²) in [5.41, 5.74) is 1.76. The molecule has 0 aliphatic heterocycles. The van der Waals surface area contributed by atoms with Gasteiger partial charge in [-0.25, -0.2) is 13.1 Å². The molecule has 0 fully saturated rings. The van der Waals surface area contributed by atoms with Crippen molar-refractivity contribution in [1.82, 2.24) is 10.0 Å². The third-order valence-corrected chi connectivity index (χ3v) is 5.55. The molecule has 0 aliphatic rings. The van der Waals surface area contributed by atoms with Crippen LogP contribution in [0.25, 0.3) is 0 Å². The van der Waals surface area contributed by atoms with Crippen molar-refractivity contribution in [3.63, 3.8) is 0 Å². The molecule has 0 saturated carbocycles. The molecule has 2 N–H and O–H groups in total. The summed E-state index contributed by atoms with van der Waals surface area (Å²) in [7, 11) is -3.53. The van der Waals surface area contributed by atoms with Crippen molar-refractivity contribution in [2.24, 2.45) is 0 Å². The summed E-state index contributed by atoms with van der Waals surface area (Å²) >= 11 is 1.56. The zero-order chi connectivity index (χ0) is 15.3. The van der Waals surface area contributed by atoms with Crippen molar-refractivity contribution in [1.29, 1.82) is 0 Å². The van der Waals surface area contributed by atoms with Gasteiger partial charge in [0.2, 0.25) is 10.0 Å². The maximum absolute atomic E-state index is 12.6. The van der Waals surface area contributed by atoms with Crippen LogP contribution in [0, 0.1) is 0 Å². The lowest BCUT2D eigenvalue weighted by Gasteiger charge is -2.15. The van der Waals surface area contributed by atoms with Gasteiger partial charge in [-0.05, 0) is 47.5 Å². The van der Waals surface area contributed by atoms with Crippen LogP contribution < -0.4 is 10.0 Å². The van der Waals surface area contributed by atoms with E-state index >= 15 is 0 Å². The standard InChI is InChI=1S/C15H20N2O2S2/c1-3-16-10-13-6-4-5-7-15(13)21(18,19)17-12(2)14-8-9-20-11-14/h4-9,11-12,16-17H,3,10H2,1-2H3. The molecular weight excluding hydrogens is 304 g/mol. The quantitative estimate of drug-likeness (QED) is 0.823. The van der Waals surface area contributed by atoms with Crippen molar-refractivity contribution < 1.29 is 8.42 Å². The van der Waals surface area contributed by atoms with Crippen LogP contribution in [-0.2, 0) is 16.6 Å². The van der Waals surface area contributed by atoms with Gasteiger partial charge in [0.05, 0.1) is 4.90 Å². The minimum atomic E-state index is -3.53. The molecule has 1 atom stereocenters. The summed E-state index contributed by atoms with van der Waals surface area (Å²) in [5.74, 6) is 0. The number of hydrogen-bond donors (Lipinski definition) is 2. The lowest BCUT2D eigenvalue weighted by molar-refractivity contribution is 0.565. The van der Waals surface area contributed by atoms with Crippen LogP contribution in [0.2, 0.25) is 0 Å². The first-order valence-electron chi connectivity index (χ1n) is 6.87. The van der Waals surface area contributed by atoms with Gasteiger partial charge in [0.1, 0.15) is 0 Å². The summed E-state index contributed by atoms with van der Waals surface area (Å²) in [4.78, 5) is 0.341. The number of nitrogens with one attached hydrogen (secondary N) is 2.